The first-order chi connectivity index (χ1) is 13.2. The van der Waals surface area contributed by atoms with Crippen LogP contribution in [0, 0.1) is 5.92 Å². The van der Waals surface area contributed by atoms with Gasteiger partial charge in [-0.25, -0.2) is 9.59 Å². The van der Waals surface area contributed by atoms with E-state index in [0.717, 1.165) is 24.1 Å². The average molecular weight is 383 g/mol. The molecule has 7 nitrogen and oxygen atoms in total. The third-order valence-electron chi connectivity index (χ3n) is 4.57. The minimum Gasteiger partial charge on any atom is -0.478 e. The SMILES string of the molecule is CC(C)(C)OC(=O)N1CCC(Cc2cnc(-c3ccc(C(=O)O)cc3)cn2)C1. The molecule has 0 radical (unpaired) electrons. The summed E-state index contributed by atoms with van der Waals surface area (Å²) < 4.78 is 5.43. The second kappa shape index (κ2) is 7.96. The first-order valence-corrected chi connectivity index (χ1v) is 9.34. The molecule has 1 atom stereocenters. The Morgan fingerprint density at radius 3 is 2.46 bits per heavy atom. The molecule has 3 rings (SSSR count). The zero-order chi connectivity index (χ0) is 20.3. The smallest absolute Gasteiger partial charge is 0.410 e. The zero-order valence-electron chi connectivity index (χ0n) is 16.4. The van der Waals surface area contributed by atoms with E-state index in [9.17, 15) is 9.59 Å². The van der Waals surface area contributed by atoms with Crippen molar-refractivity contribution in [3.05, 3.63) is 47.9 Å². The number of carbonyl (C=O) groups excluding carboxylic acids is 1. The molecule has 1 unspecified atom stereocenters. The maximum atomic E-state index is 12.2. The molecule has 2 aromatic rings. The predicted octanol–water partition coefficient (Wildman–Crippen LogP) is 3.64. The van der Waals surface area contributed by atoms with Gasteiger partial charge in [-0.15, -0.1) is 0 Å². The van der Waals surface area contributed by atoms with E-state index in [-0.39, 0.29) is 11.7 Å². The lowest BCUT2D eigenvalue weighted by Gasteiger charge is -2.24. The summed E-state index contributed by atoms with van der Waals surface area (Å²) >= 11 is 0. The summed E-state index contributed by atoms with van der Waals surface area (Å²) in [6, 6.07) is 6.56. The second-order valence-electron chi connectivity index (χ2n) is 8.06. The summed E-state index contributed by atoms with van der Waals surface area (Å²) in [6.07, 6.45) is 4.85. The van der Waals surface area contributed by atoms with Gasteiger partial charge in [0.25, 0.3) is 0 Å². The van der Waals surface area contributed by atoms with Crippen LogP contribution in [0.2, 0.25) is 0 Å². The van der Waals surface area contributed by atoms with Crippen LogP contribution in [0.4, 0.5) is 4.79 Å². The minimum atomic E-state index is -0.954. The minimum absolute atomic E-state index is 0.240. The Kier molecular flexibility index (Phi) is 5.63. The standard InChI is InChI=1S/C21H25N3O4/c1-21(2,3)28-20(27)24-9-8-14(13-24)10-17-11-23-18(12-22-17)15-4-6-16(7-5-15)19(25)26/h4-7,11-12,14H,8-10,13H2,1-3H3,(H,25,26). The van der Waals surface area contributed by atoms with Crippen LogP contribution < -0.4 is 0 Å². The maximum absolute atomic E-state index is 12.2. The molecule has 2 heterocycles. The number of benzene rings is 1. The van der Waals surface area contributed by atoms with Crippen molar-refractivity contribution >= 4 is 12.1 Å². The average Bonchev–Trinajstić information content (AvgIpc) is 3.10. The molecule has 1 aromatic carbocycles. The Bertz CT molecular complexity index is 841. The molecule has 28 heavy (non-hydrogen) atoms. The van der Waals surface area contributed by atoms with Crippen molar-refractivity contribution in [2.45, 2.75) is 39.2 Å². The first kappa shape index (κ1) is 19.8. The number of carbonyl (C=O) groups is 2. The van der Waals surface area contributed by atoms with Gasteiger partial charge in [-0.05, 0) is 51.7 Å². The Morgan fingerprint density at radius 1 is 1.18 bits per heavy atom. The Morgan fingerprint density at radius 2 is 1.89 bits per heavy atom. The summed E-state index contributed by atoms with van der Waals surface area (Å²) in [5.74, 6) is -0.618. The fourth-order valence-electron chi connectivity index (χ4n) is 3.18. The molecule has 1 saturated heterocycles. The lowest BCUT2D eigenvalue weighted by molar-refractivity contribution is 0.0288. The number of hydrogen-bond acceptors (Lipinski definition) is 5. The van der Waals surface area contributed by atoms with Gasteiger partial charge in [0.05, 0.1) is 23.1 Å². The molecule has 0 bridgehead atoms. The summed E-state index contributed by atoms with van der Waals surface area (Å²) in [6.45, 7) is 6.95. The fraction of sp³-hybridized carbons (Fsp3) is 0.429. The van der Waals surface area contributed by atoms with E-state index < -0.39 is 11.6 Å². The Hall–Kier alpha value is -2.96. The highest BCUT2D eigenvalue weighted by molar-refractivity contribution is 5.88. The number of hydrogen-bond donors (Lipinski definition) is 1. The van der Waals surface area contributed by atoms with Gasteiger partial charge in [0.1, 0.15) is 5.60 Å². The van der Waals surface area contributed by atoms with Crippen LogP contribution in [-0.4, -0.2) is 50.7 Å². The monoisotopic (exact) mass is 383 g/mol. The van der Waals surface area contributed by atoms with Crippen molar-refractivity contribution in [3.63, 3.8) is 0 Å². The highest BCUT2D eigenvalue weighted by Gasteiger charge is 2.30. The highest BCUT2D eigenvalue weighted by atomic mass is 16.6. The van der Waals surface area contributed by atoms with E-state index in [4.69, 9.17) is 9.84 Å². The molecule has 1 aliphatic heterocycles. The van der Waals surface area contributed by atoms with Crippen LogP contribution in [0.25, 0.3) is 11.3 Å². The number of aromatic carboxylic acids is 1. The summed E-state index contributed by atoms with van der Waals surface area (Å²) in [7, 11) is 0. The van der Waals surface area contributed by atoms with E-state index in [1.165, 1.54) is 0 Å². The third kappa shape index (κ3) is 5.06. The largest absolute Gasteiger partial charge is 0.478 e. The molecule has 148 valence electrons. The number of aromatic nitrogens is 2. The van der Waals surface area contributed by atoms with E-state index in [1.807, 2.05) is 20.8 Å². The van der Waals surface area contributed by atoms with Gasteiger partial charge in [-0.2, -0.15) is 0 Å². The number of likely N-dealkylation sites (tertiary alicyclic amines) is 1. The van der Waals surface area contributed by atoms with Crippen LogP contribution in [0.1, 0.15) is 43.2 Å². The van der Waals surface area contributed by atoms with Crippen LogP contribution in [-0.2, 0) is 11.2 Å². The first-order valence-electron chi connectivity index (χ1n) is 9.34. The molecule has 0 spiro atoms. The number of amides is 1. The van der Waals surface area contributed by atoms with Gasteiger partial charge < -0.3 is 14.7 Å². The number of nitrogens with zero attached hydrogens (tertiary/aromatic N) is 3. The fourth-order valence-corrected chi connectivity index (χ4v) is 3.18. The number of rotatable bonds is 4. The van der Waals surface area contributed by atoms with Gasteiger partial charge in [0.2, 0.25) is 0 Å². The van der Waals surface area contributed by atoms with Crippen LogP contribution in [0.15, 0.2) is 36.7 Å². The van der Waals surface area contributed by atoms with E-state index >= 15 is 0 Å². The molecular weight excluding hydrogens is 358 g/mol. The van der Waals surface area contributed by atoms with E-state index in [1.54, 1.807) is 41.6 Å². The summed E-state index contributed by atoms with van der Waals surface area (Å²) in [5, 5.41) is 8.97. The Labute approximate surface area is 164 Å². The molecule has 1 fully saturated rings. The highest BCUT2D eigenvalue weighted by Crippen LogP contribution is 2.23. The molecule has 1 aromatic heterocycles. The molecule has 0 aliphatic carbocycles. The quantitative estimate of drug-likeness (QED) is 0.866. The van der Waals surface area contributed by atoms with Crippen molar-refractivity contribution in [2.24, 2.45) is 5.92 Å². The third-order valence-corrected chi connectivity index (χ3v) is 4.57. The topological polar surface area (TPSA) is 92.6 Å². The molecule has 1 aliphatic rings. The summed E-state index contributed by atoms with van der Waals surface area (Å²) in [4.78, 5) is 33.8. The van der Waals surface area contributed by atoms with Gasteiger partial charge in [0, 0.05) is 24.8 Å². The van der Waals surface area contributed by atoms with Crippen molar-refractivity contribution in [1.29, 1.82) is 0 Å². The Balaban J connectivity index is 1.57. The molecule has 0 saturated carbocycles. The van der Waals surface area contributed by atoms with Gasteiger partial charge in [0.15, 0.2) is 0 Å². The van der Waals surface area contributed by atoms with Crippen molar-refractivity contribution < 1.29 is 19.4 Å². The number of carboxylic acid groups (broad SMARTS) is 1. The maximum Gasteiger partial charge on any atom is 0.410 e. The molecule has 1 amide bonds. The molecule has 7 heteroatoms. The van der Waals surface area contributed by atoms with Gasteiger partial charge in [-0.1, -0.05) is 12.1 Å². The summed E-state index contributed by atoms with van der Waals surface area (Å²) in [5.41, 5.74) is 2.15. The predicted molar refractivity (Wildman–Crippen MR) is 104 cm³/mol. The number of carboxylic acids is 1. The van der Waals surface area contributed by atoms with E-state index in [0.29, 0.717) is 24.7 Å². The van der Waals surface area contributed by atoms with E-state index in [2.05, 4.69) is 9.97 Å². The number of ether oxygens (including phenoxy) is 1. The molecule has 1 N–H and O–H groups in total. The lowest BCUT2D eigenvalue weighted by atomic mass is 10.0. The van der Waals surface area contributed by atoms with Crippen molar-refractivity contribution in [1.82, 2.24) is 14.9 Å². The zero-order valence-corrected chi connectivity index (χ0v) is 16.4. The van der Waals surface area contributed by atoms with Crippen LogP contribution >= 0.6 is 0 Å². The van der Waals surface area contributed by atoms with Crippen LogP contribution in [0.3, 0.4) is 0 Å². The van der Waals surface area contributed by atoms with Gasteiger partial charge >= 0.3 is 12.1 Å². The normalized spacial score (nSPS) is 16.8. The second-order valence-corrected chi connectivity index (χ2v) is 8.06. The van der Waals surface area contributed by atoms with Gasteiger partial charge in [-0.3, -0.25) is 9.97 Å². The van der Waals surface area contributed by atoms with Crippen molar-refractivity contribution in [3.8, 4) is 11.3 Å². The van der Waals surface area contributed by atoms with Crippen molar-refractivity contribution in [2.75, 3.05) is 13.1 Å². The van der Waals surface area contributed by atoms with Crippen LogP contribution in [0.5, 0.6) is 0 Å². The lowest BCUT2D eigenvalue weighted by Crippen LogP contribution is -2.35. The molecular formula is C21H25N3O4.